The number of hydrogen-bond donors (Lipinski definition) is 0. The Hall–Kier alpha value is 0. The smallest absolute Gasteiger partial charge is 0.0249 e. The molecule has 43 valence electrons. The van der Waals surface area contributed by atoms with Crippen molar-refractivity contribution in [2.45, 2.75) is 34.6 Å². The Morgan fingerprint density at radius 1 is 1.00 bits per heavy atom. The summed E-state index contributed by atoms with van der Waals surface area (Å²) >= 11 is 0. The fourth-order valence-corrected chi connectivity index (χ4v) is 0. The van der Waals surface area contributed by atoms with E-state index in [-0.39, 0.29) is 0 Å². The van der Waals surface area contributed by atoms with E-state index in [0.717, 1.165) is 0 Å². The standard InChI is InChI=1S/C7H15/c1-6(2)7(3,4)5/h1-5H3. The second kappa shape index (κ2) is 1.85. The quantitative estimate of drug-likeness (QED) is 0.438. The molecular weight excluding hydrogens is 84.1 g/mol. The molecule has 0 saturated heterocycles. The van der Waals surface area contributed by atoms with E-state index in [2.05, 4.69) is 34.6 Å². The highest BCUT2D eigenvalue weighted by Crippen LogP contribution is 2.25. The Morgan fingerprint density at radius 3 is 1.14 bits per heavy atom. The Bertz CT molecular complexity index is 45.5. The molecule has 0 amide bonds. The van der Waals surface area contributed by atoms with Gasteiger partial charge in [0.25, 0.3) is 0 Å². The predicted molar refractivity (Wildman–Crippen MR) is 34.0 cm³/mol. The average Bonchev–Trinajstić information content (AvgIpc) is 1.31. The lowest BCUT2D eigenvalue weighted by Gasteiger charge is -2.21. The van der Waals surface area contributed by atoms with E-state index < -0.39 is 0 Å². The van der Waals surface area contributed by atoms with Crippen LogP contribution in [0.2, 0.25) is 0 Å². The molecule has 0 unspecified atom stereocenters. The van der Waals surface area contributed by atoms with Gasteiger partial charge in [0.05, 0.1) is 0 Å². The van der Waals surface area contributed by atoms with Crippen LogP contribution in [-0.4, -0.2) is 0 Å². The molecule has 0 nitrogen and oxygen atoms in total. The summed E-state index contributed by atoms with van der Waals surface area (Å²) in [6.07, 6.45) is 0. The molecule has 0 spiro atoms. The van der Waals surface area contributed by atoms with Crippen LogP contribution in [-0.2, 0) is 0 Å². The Balaban J connectivity index is 3.54. The highest BCUT2D eigenvalue weighted by atomic mass is 14.2. The van der Waals surface area contributed by atoms with Crippen molar-refractivity contribution in [1.82, 2.24) is 0 Å². The van der Waals surface area contributed by atoms with E-state index in [9.17, 15) is 0 Å². The topological polar surface area (TPSA) is 0 Å². The maximum absolute atomic E-state index is 2.22. The van der Waals surface area contributed by atoms with Gasteiger partial charge in [-0.2, -0.15) is 0 Å². The second-order valence-electron chi connectivity index (χ2n) is 3.25. The lowest BCUT2D eigenvalue weighted by molar-refractivity contribution is 0.438. The van der Waals surface area contributed by atoms with E-state index in [1.807, 2.05) is 0 Å². The zero-order valence-corrected chi connectivity index (χ0v) is 6.00. The third-order valence-electron chi connectivity index (χ3n) is 1.50. The molecule has 0 aliphatic heterocycles. The van der Waals surface area contributed by atoms with E-state index in [1.54, 1.807) is 0 Å². The normalized spacial score (nSPS) is 12.9. The van der Waals surface area contributed by atoms with Crippen LogP contribution >= 0.6 is 0 Å². The molecule has 0 aliphatic carbocycles. The number of hydrogen-bond acceptors (Lipinski definition) is 0. The summed E-state index contributed by atoms with van der Waals surface area (Å²) in [7, 11) is 0. The third-order valence-corrected chi connectivity index (χ3v) is 1.50. The van der Waals surface area contributed by atoms with Crippen molar-refractivity contribution < 1.29 is 0 Å². The minimum absolute atomic E-state index is 0.417. The predicted octanol–water partition coefficient (Wildman–Crippen LogP) is 2.65. The zero-order valence-electron chi connectivity index (χ0n) is 6.00. The molecule has 0 bridgehead atoms. The van der Waals surface area contributed by atoms with Gasteiger partial charge in [0, 0.05) is 0 Å². The van der Waals surface area contributed by atoms with Crippen LogP contribution in [0, 0.1) is 11.3 Å². The SMILES string of the molecule is C[C](C)C(C)(C)C. The van der Waals surface area contributed by atoms with Crippen LogP contribution in [0.1, 0.15) is 34.6 Å². The molecule has 0 atom stereocenters. The fourth-order valence-electron chi connectivity index (χ4n) is 0. The van der Waals surface area contributed by atoms with E-state index in [4.69, 9.17) is 0 Å². The molecule has 0 heterocycles. The Morgan fingerprint density at radius 2 is 1.14 bits per heavy atom. The minimum Gasteiger partial charge on any atom is -0.0596 e. The summed E-state index contributed by atoms with van der Waals surface area (Å²) in [4.78, 5) is 0. The van der Waals surface area contributed by atoms with Gasteiger partial charge in [0.1, 0.15) is 0 Å². The zero-order chi connectivity index (χ0) is 6.08. The first-order valence-corrected chi connectivity index (χ1v) is 2.75. The molecule has 0 N–H and O–H groups in total. The highest BCUT2D eigenvalue weighted by Gasteiger charge is 2.14. The third kappa shape index (κ3) is 2.67. The largest absolute Gasteiger partial charge is 0.0596 e. The Kier molecular flexibility index (Phi) is 1.85. The van der Waals surface area contributed by atoms with E-state index in [0.29, 0.717) is 5.41 Å². The monoisotopic (exact) mass is 99.1 g/mol. The van der Waals surface area contributed by atoms with Gasteiger partial charge < -0.3 is 0 Å². The van der Waals surface area contributed by atoms with Crippen molar-refractivity contribution in [1.29, 1.82) is 0 Å². The van der Waals surface area contributed by atoms with Crippen LogP contribution in [0.5, 0.6) is 0 Å². The van der Waals surface area contributed by atoms with Gasteiger partial charge in [-0.25, -0.2) is 0 Å². The Labute approximate surface area is 46.9 Å². The van der Waals surface area contributed by atoms with E-state index >= 15 is 0 Å². The van der Waals surface area contributed by atoms with Crippen molar-refractivity contribution in [3.63, 3.8) is 0 Å². The molecule has 7 heavy (non-hydrogen) atoms. The average molecular weight is 99.2 g/mol. The van der Waals surface area contributed by atoms with Gasteiger partial charge in [-0.3, -0.25) is 0 Å². The minimum atomic E-state index is 0.417. The van der Waals surface area contributed by atoms with Crippen molar-refractivity contribution in [2.24, 2.45) is 5.41 Å². The van der Waals surface area contributed by atoms with Crippen LogP contribution in [0.25, 0.3) is 0 Å². The van der Waals surface area contributed by atoms with Crippen molar-refractivity contribution >= 4 is 0 Å². The van der Waals surface area contributed by atoms with Crippen LogP contribution < -0.4 is 0 Å². The molecular formula is C7H15. The van der Waals surface area contributed by atoms with E-state index in [1.165, 1.54) is 5.92 Å². The molecule has 0 fully saturated rings. The molecule has 0 aromatic rings. The lowest BCUT2D eigenvalue weighted by atomic mass is 9.84. The summed E-state index contributed by atoms with van der Waals surface area (Å²) in [6, 6.07) is 0. The maximum Gasteiger partial charge on any atom is -0.0249 e. The van der Waals surface area contributed by atoms with Crippen molar-refractivity contribution in [3.05, 3.63) is 5.92 Å². The summed E-state index contributed by atoms with van der Waals surface area (Å²) in [5.74, 6) is 1.49. The lowest BCUT2D eigenvalue weighted by Crippen LogP contribution is -2.10. The summed E-state index contributed by atoms with van der Waals surface area (Å²) in [5.41, 5.74) is 0.417. The van der Waals surface area contributed by atoms with Gasteiger partial charge in [0.2, 0.25) is 0 Å². The van der Waals surface area contributed by atoms with Crippen molar-refractivity contribution in [2.75, 3.05) is 0 Å². The highest BCUT2D eigenvalue weighted by molar-refractivity contribution is 4.90. The first-order valence-electron chi connectivity index (χ1n) is 2.75. The van der Waals surface area contributed by atoms with Crippen LogP contribution in [0.15, 0.2) is 0 Å². The molecule has 1 radical (unpaired) electrons. The molecule has 0 aliphatic rings. The van der Waals surface area contributed by atoms with Gasteiger partial charge >= 0.3 is 0 Å². The first-order chi connectivity index (χ1) is 2.94. The number of rotatable bonds is 0. The fraction of sp³-hybridized carbons (Fsp3) is 0.857. The molecule has 0 aromatic carbocycles. The second-order valence-corrected chi connectivity index (χ2v) is 3.25. The van der Waals surface area contributed by atoms with Gasteiger partial charge in [0.15, 0.2) is 0 Å². The summed E-state index contributed by atoms with van der Waals surface area (Å²) < 4.78 is 0. The first kappa shape index (κ1) is 7.00. The molecule has 0 rings (SSSR count). The molecule has 0 saturated carbocycles. The van der Waals surface area contributed by atoms with Crippen LogP contribution in [0.4, 0.5) is 0 Å². The molecule has 0 heteroatoms. The van der Waals surface area contributed by atoms with Crippen molar-refractivity contribution in [3.8, 4) is 0 Å². The van der Waals surface area contributed by atoms with Gasteiger partial charge in [-0.15, -0.1) is 0 Å². The summed E-state index contributed by atoms with van der Waals surface area (Å²) in [5, 5.41) is 0. The summed E-state index contributed by atoms with van der Waals surface area (Å²) in [6.45, 7) is 11.0. The van der Waals surface area contributed by atoms with Crippen LogP contribution in [0.3, 0.4) is 0 Å². The molecule has 0 aromatic heterocycles. The maximum atomic E-state index is 2.22. The van der Waals surface area contributed by atoms with Gasteiger partial charge in [-0.1, -0.05) is 34.6 Å². The van der Waals surface area contributed by atoms with Gasteiger partial charge in [-0.05, 0) is 11.3 Å².